The molecule has 0 bridgehead atoms. The molecule has 0 atom stereocenters. The number of aromatic nitrogens is 2. The van der Waals surface area contributed by atoms with Crippen LogP contribution in [0.5, 0.6) is 0 Å². The average Bonchev–Trinajstić information content (AvgIpc) is 2.72. The molecule has 2 N–H and O–H groups in total. The number of sulfonamides is 1. The van der Waals surface area contributed by atoms with Crippen LogP contribution in [0.4, 0.5) is 17.3 Å². The molecule has 8 heteroatoms. The van der Waals surface area contributed by atoms with E-state index in [-0.39, 0.29) is 10.7 Å². The Morgan fingerprint density at radius 1 is 0.800 bits per heavy atom. The summed E-state index contributed by atoms with van der Waals surface area (Å²) in [5.41, 5.74) is 3.94. The van der Waals surface area contributed by atoms with Gasteiger partial charge in [-0.3, -0.25) is 4.72 Å². The summed E-state index contributed by atoms with van der Waals surface area (Å²) < 4.78 is 29.6. The minimum absolute atomic E-state index is 0.134. The topological polar surface area (TPSA) is 84.0 Å². The molecule has 1 heterocycles. The predicted molar refractivity (Wildman–Crippen MR) is 124 cm³/mol. The molecule has 6 nitrogen and oxygen atoms in total. The van der Waals surface area contributed by atoms with Gasteiger partial charge in [0.2, 0.25) is 0 Å². The molecule has 0 fully saturated rings. The zero-order chi connectivity index (χ0) is 21.3. The molecule has 0 aliphatic heterocycles. The van der Waals surface area contributed by atoms with Crippen LogP contribution in [-0.4, -0.2) is 18.4 Å². The lowest BCUT2D eigenvalue weighted by Crippen LogP contribution is -2.16. The van der Waals surface area contributed by atoms with Crippen molar-refractivity contribution < 1.29 is 8.42 Å². The lowest BCUT2D eigenvalue weighted by molar-refractivity contribution is 0.601. The Hall–Kier alpha value is -2.97. The highest BCUT2D eigenvalue weighted by atomic mass is 79.9. The molecule has 0 radical (unpaired) electrons. The van der Waals surface area contributed by atoms with Gasteiger partial charge in [-0.15, -0.1) is 0 Å². The molecule has 4 rings (SSSR count). The maximum absolute atomic E-state index is 13.0. The molecule has 0 saturated carbocycles. The van der Waals surface area contributed by atoms with Crippen molar-refractivity contribution in [2.75, 3.05) is 10.0 Å². The molecule has 4 aromatic rings. The van der Waals surface area contributed by atoms with Crippen LogP contribution in [0.3, 0.4) is 0 Å². The van der Waals surface area contributed by atoms with Crippen molar-refractivity contribution >= 4 is 54.3 Å². The average molecular weight is 483 g/mol. The molecule has 30 heavy (non-hydrogen) atoms. The predicted octanol–water partition coefficient (Wildman–Crippen LogP) is 5.55. The van der Waals surface area contributed by atoms with Gasteiger partial charge in [-0.25, -0.2) is 18.4 Å². The van der Waals surface area contributed by atoms with Gasteiger partial charge in [0.15, 0.2) is 11.6 Å². The number of hydrogen-bond acceptors (Lipinski definition) is 5. The summed E-state index contributed by atoms with van der Waals surface area (Å²) in [6, 6.07) is 19.8. The van der Waals surface area contributed by atoms with E-state index < -0.39 is 10.0 Å². The molecular formula is C22H19BrN4O2S. The van der Waals surface area contributed by atoms with Gasteiger partial charge in [0.05, 0.1) is 15.9 Å². The number of benzene rings is 3. The van der Waals surface area contributed by atoms with Gasteiger partial charge in [-0.05, 0) is 73.5 Å². The van der Waals surface area contributed by atoms with E-state index in [9.17, 15) is 8.42 Å². The van der Waals surface area contributed by atoms with E-state index in [1.54, 1.807) is 24.3 Å². The molecule has 0 spiro atoms. The van der Waals surface area contributed by atoms with Crippen LogP contribution >= 0.6 is 15.9 Å². The lowest BCUT2D eigenvalue weighted by atomic mass is 10.1. The number of rotatable bonds is 5. The first kappa shape index (κ1) is 20.3. The van der Waals surface area contributed by atoms with E-state index in [1.165, 1.54) is 0 Å². The Kier molecular flexibility index (Phi) is 5.44. The lowest BCUT2D eigenvalue weighted by Gasteiger charge is -2.14. The molecule has 152 valence electrons. The first-order valence-corrected chi connectivity index (χ1v) is 11.5. The van der Waals surface area contributed by atoms with Gasteiger partial charge < -0.3 is 5.32 Å². The molecule has 0 saturated heterocycles. The summed E-state index contributed by atoms with van der Waals surface area (Å²) in [6.45, 7) is 3.82. The quantitative estimate of drug-likeness (QED) is 0.389. The summed E-state index contributed by atoms with van der Waals surface area (Å²) in [5.74, 6) is 0.457. The van der Waals surface area contributed by atoms with E-state index in [4.69, 9.17) is 0 Å². The highest BCUT2D eigenvalue weighted by molar-refractivity contribution is 9.10. The molecule has 1 aromatic heterocycles. The second kappa shape index (κ2) is 8.04. The van der Waals surface area contributed by atoms with Crippen LogP contribution in [-0.2, 0) is 10.0 Å². The molecule has 0 unspecified atom stereocenters. The number of hydrogen-bond donors (Lipinski definition) is 2. The van der Waals surface area contributed by atoms with Crippen molar-refractivity contribution in [2.45, 2.75) is 18.7 Å². The van der Waals surface area contributed by atoms with E-state index in [1.807, 2.05) is 56.3 Å². The number of para-hydroxylation sites is 2. The maximum Gasteiger partial charge on any atom is 0.263 e. The standard InChI is InChI=1S/C22H19BrN4O2S/c1-14-7-12-18(13-15(14)2)30(28,29)27-22-21(24-17-10-8-16(23)9-11-17)25-19-5-3-4-6-20(19)26-22/h3-13H,1-2H3,(H,24,25)(H,26,27). The fourth-order valence-corrected chi connectivity index (χ4v) is 4.25. The zero-order valence-corrected chi connectivity index (χ0v) is 18.8. The van der Waals surface area contributed by atoms with Crippen molar-refractivity contribution in [2.24, 2.45) is 0 Å². The number of fused-ring (bicyclic) bond motifs is 1. The fraction of sp³-hybridized carbons (Fsp3) is 0.0909. The number of nitrogens with one attached hydrogen (secondary N) is 2. The third-order valence-electron chi connectivity index (χ3n) is 4.70. The van der Waals surface area contributed by atoms with Crippen LogP contribution in [0.1, 0.15) is 11.1 Å². The van der Waals surface area contributed by atoms with Gasteiger partial charge in [-0.2, -0.15) is 0 Å². The number of anilines is 3. The largest absolute Gasteiger partial charge is 0.337 e. The maximum atomic E-state index is 13.0. The van der Waals surface area contributed by atoms with Gasteiger partial charge in [0, 0.05) is 10.2 Å². The third-order valence-corrected chi connectivity index (χ3v) is 6.56. The second-order valence-corrected chi connectivity index (χ2v) is 9.49. The Labute approximate surface area is 183 Å². The summed E-state index contributed by atoms with van der Waals surface area (Å²) in [7, 11) is -3.84. The van der Waals surface area contributed by atoms with Gasteiger partial charge in [0.1, 0.15) is 0 Å². The van der Waals surface area contributed by atoms with E-state index in [0.717, 1.165) is 21.3 Å². The van der Waals surface area contributed by atoms with Crippen LogP contribution in [0.15, 0.2) is 76.1 Å². The number of aryl methyl sites for hydroxylation is 2. The Bertz CT molecular complexity index is 1340. The third kappa shape index (κ3) is 4.29. The Morgan fingerprint density at radius 2 is 1.43 bits per heavy atom. The van der Waals surface area contributed by atoms with Gasteiger partial charge in [0.25, 0.3) is 10.0 Å². The van der Waals surface area contributed by atoms with E-state index >= 15 is 0 Å². The van der Waals surface area contributed by atoms with Crippen molar-refractivity contribution in [3.63, 3.8) is 0 Å². The fourth-order valence-electron chi connectivity index (χ4n) is 2.90. The highest BCUT2D eigenvalue weighted by Gasteiger charge is 2.19. The molecule has 0 aliphatic carbocycles. The van der Waals surface area contributed by atoms with Crippen LogP contribution in [0.25, 0.3) is 11.0 Å². The molecule has 3 aromatic carbocycles. The highest BCUT2D eigenvalue weighted by Crippen LogP contribution is 2.28. The zero-order valence-electron chi connectivity index (χ0n) is 16.3. The molecule has 0 amide bonds. The van der Waals surface area contributed by atoms with Crippen LogP contribution in [0, 0.1) is 13.8 Å². The van der Waals surface area contributed by atoms with Crippen molar-refractivity contribution in [3.8, 4) is 0 Å². The first-order valence-electron chi connectivity index (χ1n) is 9.21. The SMILES string of the molecule is Cc1ccc(S(=O)(=O)Nc2nc3ccccc3nc2Nc2ccc(Br)cc2)cc1C. The smallest absolute Gasteiger partial charge is 0.263 e. The summed E-state index contributed by atoms with van der Waals surface area (Å²) in [6.07, 6.45) is 0. The summed E-state index contributed by atoms with van der Waals surface area (Å²) >= 11 is 3.41. The minimum atomic E-state index is -3.84. The Balaban J connectivity index is 1.77. The Morgan fingerprint density at radius 3 is 2.07 bits per heavy atom. The summed E-state index contributed by atoms with van der Waals surface area (Å²) in [5, 5.41) is 3.17. The minimum Gasteiger partial charge on any atom is -0.337 e. The second-order valence-electron chi connectivity index (χ2n) is 6.89. The van der Waals surface area contributed by atoms with Crippen molar-refractivity contribution in [1.29, 1.82) is 0 Å². The van der Waals surface area contributed by atoms with Crippen molar-refractivity contribution in [1.82, 2.24) is 9.97 Å². The number of halogens is 1. The first-order chi connectivity index (χ1) is 14.3. The van der Waals surface area contributed by atoms with Crippen LogP contribution in [0.2, 0.25) is 0 Å². The van der Waals surface area contributed by atoms with Crippen molar-refractivity contribution in [3.05, 3.63) is 82.3 Å². The number of nitrogens with zero attached hydrogens (tertiary/aromatic N) is 2. The molecular weight excluding hydrogens is 464 g/mol. The van der Waals surface area contributed by atoms with E-state index in [0.29, 0.717) is 16.9 Å². The van der Waals surface area contributed by atoms with Crippen LogP contribution < -0.4 is 10.0 Å². The van der Waals surface area contributed by atoms with Gasteiger partial charge in [-0.1, -0.05) is 34.1 Å². The normalized spacial score (nSPS) is 11.4. The van der Waals surface area contributed by atoms with E-state index in [2.05, 4.69) is 35.9 Å². The summed E-state index contributed by atoms with van der Waals surface area (Å²) in [4.78, 5) is 9.28. The molecule has 0 aliphatic rings. The van der Waals surface area contributed by atoms with Gasteiger partial charge >= 0.3 is 0 Å². The monoisotopic (exact) mass is 482 g/mol.